The number of ether oxygens (including phenoxy) is 1. The van der Waals surface area contributed by atoms with Gasteiger partial charge in [-0.05, 0) is 5.39 Å². The van der Waals surface area contributed by atoms with E-state index < -0.39 is 0 Å². The van der Waals surface area contributed by atoms with Crippen LogP contribution in [0.1, 0.15) is 5.56 Å². The van der Waals surface area contributed by atoms with Crippen LogP contribution in [0, 0.1) is 0 Å². The summed E-state index contributed by atoms with van der Waals surface area (Å²) in [6.07, 6.45) is 0.202. The quantitative estimate of drug-likeness (QED) is 0.824. The standard InChI is InChI=1S/C13H13NO2.Na/c1-16-13-10(8-12(14)15)7-6-9-4-2-3-5-11(9)13;/h2-7H,8H2,1H3,(H2,14,15);. The van der Waals surface area contributed by atoms with Gasteiger partial charge >= 0.3 is 0 Å². The second-order valence-electron chi connectivity index (χ2n) is 3.62. The number of rotatable bonds is 3. The summed E-state index contributed by atoms with van der Waals surface area (Å²) in [6, 6.07) is 11.7. The van der Waals surface area contributed by atoms with E-state index in [2.05, 4.69) is 0 Å². The average molecular weight is 238 g/mol. The minimum absolute atomic E-state index is 0. The van der Waals surface area contributed by atoms with Crippen LogP contribution < -0.4 is 10.5 Å². The van der Waals surface area contributed by atoms with Crippen molar-refractivity contribution in [1.29, 1.82) is 0 Å². The largest absolute Gasteiger partial charge is 0.496 e. The number of fused-ring (bicyclic) bond motifs is 1. The molecule has 0 spiro atoms. The Kier molecular flexibility index (Phi) is 5.00. The van der Waals surface area contributed by atoms with Crippen LogP contribution in [0.25, 0.3) is 10.8 Å². The Bertz CT molecular complexity index is 540. The minimum atomic E-state index is -0.353. The van der Waals surface area contributed by atoms with E-state index in [4.69, 9.17) is 10.5 Å². The van der Waals surface area contributed by atoms with Crippen LogP contribution in [0.4, 0.5) is 0 Å². The summed E-state index contributed by atoms with van der Waals surface area (Å²) in [5.41, 5.74) is 6.03. The van der Waals surface area contributed by atoms with Gasteiger partial charge in [0.25, 0.3) is 0 Å². The maximum absolute atomic E-state index is 10.9. The van der Waals surface area contributed by atoms with Crippen molar-refractivity contribution in [3.8, 4) is 5.75 Å². The number of hydrogen-bond donors (Lipinski definition) is 1. The molecule has 0 unspecified atom stereocenters. The van der Waals surface area contributed by atoms with E-state index in [-0.39, 0.29) is 41.9 Å². The molecular weight excluding hydrogens is 225 g/mol. The molecule has 0 aliphatic heterocycles. The molecule has 83 valence electrons. The topological polar surface area (TPSA) is 52.3 Å². The summed E-state index contributed by atoms with van der Waals surface area (Å²) in [5.74, 6) is 0.380. The molecule has 4 heteroatoms. The first-order chi connectivity index (χ1) is 7.72. The van der Waals surface area contributed by atoms with Crippen LogP contribution in [0.3, 0.4) is 0 Å². The molecule has 0 heterocycles. The third-order valence-corrected chi connectivity index (χ3v) is 2.53. The second-order valence-corrected chi connectivity index (χ2v) is 3.62. The summed E-state index contributed by atoms with van der Waals surface area (Å²) in [6.45, 7) is 0. The van der Waals surface area contributed by atoms with Gasteiger partial charge in [0, 0.05) is 40.5 Å². The Morgan fingerprint density at radius 1 is 1.24 bits per heavy atom. The van der Waals surface area contributed by atoms with Gasteiger partial charge < -0.3 is 10.5 Å². The van der Waals surface area contributed by atoms with Crippen LogP contribution in [0.15, 0.2) is 36.4 Å². The molecule has 0 fully saturated rings. The molecule has 0 aliphatic carbocycles. The maximum Gasteiger partial charge on any atom is 0.221 e. The van der Waals surface area contributed by atoms with Gasteiger partial charge in [-0.1, -0.05) is 36.4 Å². The zero-order valence-corrected chi connectivity index (χ0v) is 12.1. The van der Waals surface area contributed by atoms with Crippen LogP contribution in [0.2, 0.25) is 0 Å². The number of amides is 1. The van der Waals surface area contributed by atoms with Crippen molar-refractivity contribution in [2.24, 2.45) is 5.73 Å². The second kappa shape index (κ2) is 6.05. The number of carbonyl (C=O) groups excluding carboxylic acids is 1. The summed E-state index contributed by atoms with van der Waals surface area (Å²) < 4.78 is 5.35. The summed E-state index contributed by atoms with van der Waals surface area (Å²) in [4.78, 5) is 10.9. The molecule has 17 heavy (non-hydrogen) atoms. The predicted molar refractivity (Wildman–Crippen MR) is 69.2 cm³/mol. The zero-order valence-electron chi connectivity index (χ0n) is 10.1. The fourth-order valence-electron chi connectivity index (χ4n) is 1.86. The molecule has 1 radical (unpaired) electrons. The van der Waals surface area contributed by atoms with Crippen molar-refractivity contribution >= 4 is 46.2 Å². The first-order valence-corrected chi connectivity index (χ1v) is 5.05. The number of carbonyl (C=O) groups is 1. The van der Waals surface area contributed by atoms with E-state index in [0.717, 1.165) is 22.1 Å². The Hall–Kier alpha value is -1.03. The molecule has 2 aromatic rings. The normalized spacial score (nSPS) is 9.71. The van der Waals surface area contributed by atoms with Gasteiger partial charge in [-0.2, -0.15) is 0 Å². The minimum Gasteiger partial charge on any atom is -0.496 e. The van der Waals surface area contributed by atoms with Crippen molar-refractivity contribution < 1.29 is 9.53 Å². The molecule has 1 amide bonds. The first kappa shape index (κ1) is 14.0. The summed E-state index contributed by atoms with van der Waals surface area (Å²) in [7, 11) is 1.60. The number of hydrogen-bond acceptors (Lipinski definition) is 2. The summed E-state index contributed by atoms with van der Waals surface area (Å²) in [5, 5.41) is 2.09. The number of nitrogens with two attached hydrogens (primary N) is 1. The van der Waals surface area contributed by atoms with Gasteiger partial charge in [-0.25, -0.2) is 0 Å². The molecule has 0 saturated heterocycles. The Morgan fingerprint density at radius 2 is 1.94 bits per heavy atom. The van der Waals surface area contributed by atoms with Gasteiger partial charge in [-0.15, -0.1) is 0 Å². The van der Waals surface area contributed by atoms with Gasteiger partial charge in [0.2, 0.25) is 5.91 Å². The molecule has 2 aromatic carbocycles. The van der Waals surface area contributed by atoms with Crippen LogP contribution in [0.5, 0.6) is 5.75 Å². The fraction of sp³-hybridized carbons (Fsp3) is 0.154. The molecule has 2 rings (SSSR count). The molecule has 3 nitrogen and oxygen atoms in total. The molecular formula is C13H13NNaO2. The smallest absolute Gasteiger partial charge is 0.221 e. The molecule has 0 saturated carbocycles. The van der Waals surface area contributed by atoms with E-state index in [0.29, 0.717) is 0 Å². The van der Waals surface area contributed by atoms with E-state index >= 15 is 0 Å². The monoisotopic (exact) mass is 238 g/mol. The van der Waals surface area contributed by atoms with Crippen LogP contribution >= 0.6 is 0 Å². The van der Waals surface area contributed by atoms with Crippen molar-refractivity contribution in [2.45, 2.75) is 6.42 Å². The van der Waals surface area contributed by atoms with E-state index in [1.165, 1.54) is 0 Å². The first-order valence-electron chi connectivity index (χ1n) is 5.05. The van der Waals surface area contributed by atoms with Crippen molar-refractivity contribution in [3.05, 3.63) is 42.0 Å². The van der Waals surface area contributed by atoms with Gasteiger partial charge in [-0.3, -0.25) is 4.79 Å². The van der Waals surface area contributed by atoms with Crippen molar-refractivity contribution in [2.75, 3.05) is 7.11 Å². The van der Waals surface area contributed by atoms with Crippen molar-refractivity contribution in [3.63, 3.8) is 0 Å². The third kappa shape index (κ3) is 3.00. The summed E-state index contributed by atoms with van der Waals surface area (Å²) >= 11 is 0. The van der Waals surface area contributed by atoms with Crippen molar-refractivity contribution in [1.82, 2.24) is 0 Å². The zero-order chi connectivity index (χ0) is 11.5. The molecule has 0 atom stereocenters. The Labute approximate surface area is 122 Å². The maximum atomic E-state index is 10.9. The van der Waals surface area contributed by atoms with Crippen LogP contribution in [-0.4, -0.2) is 42.6 Å². The Morgan fingerprint density at radius 3 is 2.59 bits per heavy atom. The van der Waals surface area contributed by atoms with E-state index in [9.17, 15) is 4.79 Å². The predicted octanol–water partition coefficient (Wildman–Crippen LogP) is 1.50. The van der Waals surface area contributed by atoms with Gasteiger partial charge in [0.05, 0.1) is 13.5 Å². The van der Waals surface area contributed by atoms with E-state index in [1.54, 1.807) is 7.11 Å². The van der Waals surface area contributed by atoms with E-state index in [1.807, 2.05) is 36.4 Å². The van der Waals surface area contributed by atoms with Gasteiger partial charge in [0.15, 0.2) is 0 Å². The Balaban J connectivity index is 0.00000144. The average Bonchev–Trinajstić information content (AvgIpc) is 2.28. The molecule has 0 aromatic heterocycles. The molecule has 0 aliphatic rings. The number of methoxy groups -OCH3 is 1. The SMILES string of the molecule is COc1c(CC(N)=O)ccc2ccccc12.[Na]. The third-order valence-electron chi connectivity index (χ3n) is 2.53. The molecule has 2 N–H and O–H groups in total. The van der Waals surface area contributed by atoms with Gasteiger partial charge in [0.1, 0.15) is 5.75 Å². The number of primary amides is 1. The number of benzene rings is 2. The molecule has 0 bridgehead atoms. The van der Waals surface area contributed by atoms with Crippen LogP contribution in [-0.2, 0) is 11.2 Å². The fourth-order valence-corrected chi connectivity index (χ4v) is 1.86.